The van der Waals surface area contributed by atoms with Gasteiger partial charge in [0.1, 0.15) is 11.4 Å². The molecule has 0 spiro atoms. The van der Waals surface area contributed by atoms with Gasteiger partial charge in [-0.2, -0.15) is 4.68 Å². The predicted octanol–water partition coefficient (Wildman–Crippen LogP) is 2.93. The van der Waals surface area contributed by atoms with Crippen LogP contribution in [0.1, 0.15) is 50.8 Å². The van der Waals surface area contributed by atoms with Gasteiger partial charge >= 0.3 is 0 Å². The van der Waals surface area contributed by atoms with Crippen LogP contribution in [0.4, 0.5) is 5.69 Å². The number of tetrazole rings is 1. The second-order valence-corrected chi connectivity index (χ2v) is 7.95. The van der Waals surface area contributed by atoms with Crippen molar-refractivity contribution >= 4 is 24.0 Å². The van der Waals surface area contributed by atoms with Crippen molar-refractivity contribution in [2.24, 2.45) is 11.8 Å². The molecule has 4 rings (SSSR count). The standard InChI is InChI=1S/C20H28N6O2.ClH/c1-13(15-4-3-9-21-12-15)10-19(27)22-16-7-8-18(28-2)17(11-16)26-20(14-5-6-14)23-24-25-26;/h7-8,11,13-15,21H,3-6,9-10,12H2,1-2H3,(H,22,27);1H. The summed E-state index contributed by atoms with van der Waals surface area (Å²) in [6.45, 7) is 4.26. The van der Waals surface area contributed by atoms with Gasteiger partial charge in [0.25, 0.3) is 0 Å². The number of amides is 1. The van der Waals surface area contributed by atoms with Crippen LogP contribution < -0.4 is 15.4 Å². The molecule has 1 saturated carbocycles. The molecule has 2 fully saturated rings. The Morgan fingerprint density at radius 3 is 2.90 bits per heavy atom. The van der Waals surface area contributed by atoms with Crippen molar-refractivity contribution in [3.63, 3.8) is 0 Å². The number of ether oxygens (including phenoxy) is 1. The highest BCUT2D eigenvalue weighted by Crippen LogP contribution is 2.40. The van der Waals surface area contributed by atoms with Crippen LogP contribution in [0.2, 0.25) is 0 Å². The van der Waals surface area contributed by atoms with Gasteiger partial charge in [-0.25, -0.2) is 0 Å². The molecule has 2 atom stereocenters. The number of methoxy groups -OCH3 is 1. The number of hydrogen-bond acceptors (Lipinski definition) is 6. The molecule has 0 radical (unpaired) electrons. The molecule has 2 aliphatic rings. The average molecular weight is 421 g/mol. The van der Waals surface area contributed by atoms with Gasteiger partial charge < -0.3 is 15.4 Å². The number of carbonyl (C=O) groups excluding carboxylic acids is 1. The van der Waals surface area contributed by atoms with E-state index in [1.54, 1.807) is 11.8 Å². The molecule has 1 saturated heterocycles. The van der Waals surface area contributed by atoms with E-state index in [1.165, 1.54) is 12.8 Å². The zero-order chi connectivity index (χ0) is 19.5. The molecular formula is C20H29ClN6O2. The van der Waals surface area contributed by atoms with E-state index in [9.17, 15) is 4.79 Å². The minimum atomic E-state index is 0. The van der Waals surface area contributed by atoms with Crippen molar-refractivity contribution in [2.75, 3.05) is 25.5 Å². The van der Waals surface area contributed by atoms with E-state index in [0.29, 0.717) is 29.9 Å². The van der Waals surface area contributed by atoms with Crippen molar-refractivity contribution < 1.29 is 9.53 Å². The monoisotopic (exact) mass is 420 g/mol. The van der Waals surface area contributed by atoms with E-state index in [4.69, 9.17) is 4.74 Å². The Morgan fingerprint density at radius 1 is 1.38 bits per heavy atom. The van der Waals surface area contributed by atoms with Crippen molar-refractivity contribution in [2.45, 2.75) is 44.9 Å². The third kappa shape index (κ3) is 5.05. The zero-order valence-corrected chi connectivity index (χ0v) is 17.7. The highest BCUT2D eigenvalue weighted by molar-refractivity contribution is 5.91. The van der Waals surface area contributed by atoms with Crippen LogP contribution in [0.5, 0.6) is 5.75 Å². The molecule has 158 valence electrons. The van der Waals surface area contributed by atoms with Crippen LogP contribution in [0.3, 0.4) is 0 Å². The molecule has 0 bridgehead atoms. The van der Waals surface area contributed by atoms with Gasteiger partial charge in [0.15, 0.2) is 5.82 Å². The Labute approximate surface area is 177 Å². The van der Waals surface area contributed by atoms with Crippen LogP contribution in [-0.4, -0.2) is 46.3 Å². The summed E-state index contributed by atoms with van der Waals surface area (Å²) >= 11 is 0. The average Bonchev–Trinajstić information content (AvgIpc) is 3.45. The van der Waals surface area contributed by atoms with E-state index in [2.05, 4.69) is 33.1 Å². The van der Waals surface area contributed by atoms with Crippen LogP contribution in [0, 0.1) is 11.8 Å². The molecule has 1 aliphatic heterocycles. The number of piperidine rings is 1. The van der Waals surface area contributed by atoms with E-state index in [1.807, 2.05) is 18.2 Å². The number of benzene rings is 1. The van der Waals surface area contributed by atoms with Gasteiger partial charge in [0.2, 0.25) is 5.91 Å². The molecule has 1 amide bonds. The fourth-order valence-electron chi connectivity index (χ4n) is 3.93. The molecule has 1 aliphatic carbocycles. The Hall–Kier alpha value is -2.19. The van der Waals surface area contributed by atoms with Gasteiger partial charge in [-0.05, 0) is 79.2 Å². The molecule has 9 heteroatoms. The first-order valence-corrected chi connectivity index (χ1v) is 10.1. The van der Waals surface area contributed by atoms with Crippen molar-refractivity contribution in [1.82, 2.24) is 25.5 Å². The zero-order valence-electron chi connectivity index (χ0n) is 16.9. The van der Waals surface area contributed by atoms with Crippen molar-refractivity contribution in [3.8, 4) is 11.4 Å². The maximum Gasteiger partial charge on any atom is 0.224 e. The summed E-state index contributed by atoms with van der Waals surface area (Å²) in [5, 5.41) is 18.6. The molecule has 2 heterocycles. The first-order valence-electron chi connectivity index (χ1n) is 10.1. The largest absolute Gasteiger partial charge is 0.494 e. The molecule has 1 aromatic carbocycles. The fraction of sp³-hybridized carbons (Fsp3) is 0.600. The lowest BCUT2D eigenvalue weighted by Crippen LogP contribution is -2.34. The normalized spacial score (nSPS) is 19.9. The summed E-state index contributed by atoms with van der Waals surface area (Å²) in [5.74, 6) is 2.88. The summed E-state index contributed by atoms with van der Waals surface area (Å²) in [6, 6.07) is 5.58. The van der Waals surface area contributed by atoms with E-state index in [0.717, 1.165) is 43.1 Å². The lowest BCUT2D eigenvalue weighted by Gasteiger charge is -2.28. The Bertz CT molecular complexity index is 832. The van der Waals surface area contributed by atoms with Crippen LogP contribution in [0.15, 0.2) is 18.2 Å². The summed E-state index contributed by atoms with van der Waals surface area (Å²) in [5.41, 5.74) is 1.48. The number of rotatable bonds is 7. The lowest BCUT2D eigenvalue weighted by molar-refractivity contribution is -0.117. The van der Waals surface area contributed by atoms with Crippen molar-refractivity contribution in [1.29, 1.82) is 0 Å². The van der Waals surface area contributed by atoms with Gasteiger partial charge in [0.05, 0.1) is 7.11 Å². The molecule has 8 nitrogen and oxygen atoms in total. The van der Waals surface area contributed by atoms with Crippen LogP contribution >= 0.6 is 12.4 Å². The third-order valence-electron chi connectivity index (χ3n) is 5.77. The summed E-state index contributed by atoms with van der Waals surface area (Å²) in [7, 11) is 1.62. The first kappa shape index (κ1) is 21.5. The highest BCUT2D eigenvalue weighted by atomic mass is 35.5. The minimum Gasteiger partial charge on any atom is -0.494 e. The Kier molecular flexibility index (Phi) is 7.08. The van der Waals surface area contributed by atoms with Crippen LogP contribution in [-0.2, 0) is 4.79 Å². The topological polar surface area (TPSA) is 94.0 Å². The van der Waals surface area contributed by atoms with Gasteiger partial charge in [-0.15, -0.1) is 17.5 Å². The Balaban J connectivity index is 0.00000240. The summed E-state index contributed by atoms with van der Waals surface area (Å²) in [4.78, 5) is 12.6. The second-order valence-electron chi connectivity index (χ2n) is 7.95. The molecule has 2 aromatic rings. The number of halogens is 1. The lowest BCUT2D eigenvalue weighted by atomic mass is 9.85. The third-order valence-corrected chi connectivity index (χ3v) is 5.77. The highest BCUT2D eigenvalue weighted by Gasteiger charge is 2.31. The Morgan fingerprint density at radius 2 is 2.21 bits per heavy atom. The molecule has 2 unspecified atom stereocenters. The second kappa shape index (κ2) is 9.54. The fourth-order valence-corrected chi connectivity index (χ4v) is 3.93. The minimum absolute atomic E-state index is 0. The number of aromatic nitrogens is 4. The SMILES string of the molecule is COc1ccc(NC(=O)CC(C)C2CCCNC2)cc1-n1nnnc1C1CC1.Cl. The molecular weight excluding hydrogens is 392 g/mol. The smallest absolute Gasteiger partial charge is 0.224 e. The first-order chi connectivity index (χ1) is 13.7. The van der Waals surface area contributed by atoms with E-state index in [-0.39, 0.29) is 18.3 Å². The summed E-state index contributed by atoms with van der Waals surface area (Å²) in [6.07, 6.45) is 5.11. The number of nitrogens with one attached hydrogen (secondary N) is 2. The van der Waals surface area contributed by atoms with E-state index < -0.39 is 0 Å². The molecule has 2 N–H and O–H groups in total. The summed E-state index contributed by atoms with van der Waals surface area (Å²) < 4.78 is 7.22. The molecule has 1 aromatic heterocycles. The molecule has 29 heavy (non-hydrogen) atoms. The quantitative estimate of drug-likeness (QED) is 0.715. The maximum atomic E-state index is 12.6. The van der Waals surface area contributed by atoms with Gasteiger partial charge in [-0.3, -0.25) is 4.79 Å². The maximum absolute atomic E-state index is 12.6. The van der Waals surface area contributed by atoms with E-state index >= 15 is 0 Å². The van der Waals surface area contributed by atoms with Gasteiger partial charge in [0, 0.05) is 18.0 Å². The van der Waals surface area contributed by atoms with Crippen molar-refractivity contribution in [3.05, 3.63) is 24.0 Å². The number of hydrogen-bond donors (Lipinski definition) is 2. The number of anilines is 1. The van der Waals surface area contributed by atoms with Gasteiger partial charge in [-0.1, -0.05) is 6.92 Å². The van der Waals surface area contributed by atoms with Crippen LogP contribution in [0.25, 0.3) is 5.69 Å². The predicted molar refractivity (Wildman–Crippen MR) is 113 cm³/mol. The number of nitrogens with zero attached hydrogens (tertiary/aromatic N) is 4. The number of carbonyl (C=O) groups is 1.